The molecule has 2 fully saturated rings. The Morgan fingerprint density at radius 3 is 2.44 bits per heavy atom. The summed E-state index contributed by atoms with van der Waals surface area (Å²) in [5.74, 6) is 0.286. The molecular weight excluding hydrogens is 452 g/mol. The summed E-state index contributed by atoms with van der Waals surface area (Å²) < 4.78 is 0. The van der Waals surface area contributed by atoms with Gasteiger partial charge in [0.05, 0.1) is 5.92 Å². The molecule has 2 saturated heterocycles. The summed E-state index contributed by atoms with van der Waals surface area (Å²) in [5.41, 5.74) is 1.63. The van der Waals surface area contributed by atoms with Crippen LogP contribution in [0.2, 0.25) is 0 Å². The first kappa shape index (κ1) is 24.0. The summed E-state index contributed by atoms with van der Waals surface area (Å²) in [5, 5.41) is 4.94. The van der Waals surface area contributed by atoms with Crippen molar-refractivity contribution in [1.82, 2.24) is 14.8 Å². The summed E-state index contributed by atoms with van der Waals surface area (Å²) in [6.07, 6.45) is 4.53. The summed E-state index contributed by atoms with van der Waals surface area (Å²) in [4.78, 5) is 47.5. The van der Waals surface area contributed by atoms with Gasteiger partial charge in [0.1, 0.15) is 5.82 Å². The van der Waals surface area contributed by atoms with Gasteiger partial charge in [0.25, 0.3) is 5.91 Å². The van der Waals surface area contributed by atoms with Gasteiger partial charge in [0.2, 0.25) is 11.8 Å². The van der Waals surface area contributed by atoms with Crippen molar-refractivity contribution >= 4 is 34.3 Å². The van der Waals surface area contributed by atoms with Crippen LogP contribution < -0.4 is 5.32 Å². The molecule has 36 heavy (non-hydrogen) atoms. The van der Waals surface area contributed by atoms with Crippen LogP contribution in [0.4, 0.5) is 5.82 Å². The molecule has 2 aromatic carbocycles. The normalized spacial score (nSPS) is 18.8. The predicted octanol–water partition coefficient (Wildman–Crippen LogP) is 4.27. The monoisotopic (exact) mass is 484 g/mol. The van der Waals surface area contributed by atoms with Crippen molar-refractivity contribution in [1.29, 1.82) is 0 Å². The highest BCUT2D eigenvalue weighted by molar-refractivity contribution is 6.07. The van der Waals surface area contributed by atoms with Crippen LogP contribution >= 0.6 is 0 Å². The Balaban J connectivity index is 1.18. The fourth-order valence-electron chi connectivity index (χ4n) is 5.40. The minimum atomic E-state index is -0.239. The number of amides is 3. The zero-order valence-corrected chi connectivity index (χ0v) is 20.7. The number of pyridine rings is 1. The third kappa shape index (κ3) is 4.96. The zero-order chi connectivity index (χ0) is 25.1. The average Bonchev–Trinajstić information content (AvgIpc) is 2.93. The van der Waals surface area contributed by atoms with Gasteiger partial charge in [-0.15, -0.1) is 0 Å². The number of anilines is 1. The lowest BCUT2D eigenvalue weighted by atomic mass is 9.91. The van der Waals surface area contributed by atoms with Crippen LogP contribution in [0.5, 0.6) is 0 Å². The second-order valence-corrected chi connectivity index (χ2v) is 9.87. The third-order valence-corrected chi connectivity index (χ3v) is 7.51. The zero-order valence-electron chi connectivity index (χ0n) is 20.7. The second kappa shape index (κ2) is 10.5. The largest absolute Gasteiger partial charge is 0.342 e. The number of aromatic nitrogens is 1. The van der Waals surface area contributed by atoms with Crippen molar-refractivity contribution in [2.75, 3.05) is 31.5 Å². The Morgan fingerprint density at radius 1 is 0.861 bits per heavy atom. The molecule has 5 rings (SSSR count). The van der Waals surface area contributed by atoms with E-state index in [-0.39, 0.29) is 29.6 Å². The third-order valence-electron chi connectivity index (χ3n) is 7.51. The molecule has 0 aliphatic carbocycles. The van der Waals surface area contributed by atoms with Crippen molar-refractivity contribution in [2.45, 2.75) is 32.6 Å². The highest BCUT2D eigenvalue weighted by atomic mass is 16.2. The Labute approximate surface area is 211 Å². The Bertz CT molecular complexity index is 1280. The van der Waals surface area contributed by atoms with E-state index in [1.54, 1.807) is 6.20 Å². The Hall–Kier alpha value is -3.74. The SMILES string of the molecule is Cc1cccnc1NC(=O)C1CCCN(C(=O)C2CCN(C(=O)c3cccc4ccccc34)CC2)C1. The molecule has 1 atom stereocenters. The van der Waals surface area contributed by atoms with E-state index in [9.17, 15) is 14.4 Å². The fraction of sp³-hybridized carbons (Fsp3) is 0.379. The van der Waals surface area contributed by atoms with E-state index in [0.717, 1.165) is 29.2 Å². The summed E-state index contributed by atoms with van der Waals surface area (Å²) >= 11 is 0. The van der Waals surface area contributed by atoms with Gasteiger partial charge < -0.3 is 15.1 Å². The van der Waals surface area contributed by atoms with E-state index in [1.165, 1.54) is 0 Å². The molecule has 3 amide bonds. The minimum absolute atomic E-state index is 0.0252. The van der Waals surface area contributed by atoms with Crippen molar-refractivity contribution < 1.29 is 14.4 Å². The Kier molecular flexibility index (Phi) is 6.98. The molecule has 1 aromatic heterocycles. The number of hydrogen-bond donors (Lipinski definition) is 1. The Morgan fingerprint density at radius 2 is 1.64 bits per heavy atom. The van der Waals surface area contributed by atoms with Crippen molar-refractivity contribution in [3.8, 4) is 0 Å². The van der Waals surface area contributed by atoms with E-state index in [2.05, 4.69) is 10.3 Å². The maximum absolute atomic E-state index is 13.3. The molecule has 0 saturated carbocycles. The van der Waals surface area contributed by atoms with Crippen molar-refractivity contribution in [2.24, 2.45) is 11.8 Å². The number of fused-ring (bicyclic) bond motifs is 1. The summed E-state index contributed by atoms with van der Waals surface area (Å²) in [6, 6.07) is 17.5. The number of hydrogen-bond acceptors (Lipinski definition) is 4. The molecule has 2 aliphatic heterocycles. The molecule has 3 aromatic rings. The first-order chi connectivity index (χ1) is 17.5. The van der Waals surface area contributed by atoms with E-state index in [0.29, 0.717) is 50.4 Å². The van der Waals surface area contributed by atoms with Crippen LogP contribution in [0, 0.1) is 18.8 Å². The quantitative estimate of drug-likeness (QED) is 0.600. The van der Waals surface area contributed by atoms with Gasteiger partial charge in [-0.1, -0.05) is 42.5 Å². The van der Waals surface area contributed by atoms with Gasteiger partial charge in [0.15, 0.2) is 0 Å². The average molecular weight is 485 g/mol. The van der Waals surface area contributed by atoms with Crippen LogP contribution in [-0.2, 0) is 9.59 Å². The van der Waals surface area contributed by atoms with Crippen LogP contribution in [0.1, 0.15) is 41.6 Å². The van der Waals surface area contributed by atoms with Gasteiger partial charge in [0, 0.05) is 43.9 Å². The number of rotatable bonds is 4. The van der Waals surface area contributed by atoms with E-state index < -0.39 is 0 Å². The molecular formula is C29H32N4O3. The van der Waals surface area contributed by atoms with Crippen molar-refractivity contribution in [3.63, 3.8) is 0 Å². The van der Waals surface area contributed by atoms with Crippen molar-refractivity contribution in [3.05, 3.63) is 71.9 Å². The van der Waals surface area contributed by atoms with Gasteiger partial charge in [-0.3, -0.25) is 14.4 Å². The van der Waals surface area contributed by atoms with Crippen LogP contribution in [0.25, 0.3) is 10.8 Å². The minimum Gasteiger partial charge on any atom is -0.342 e. The van der Waals surface area contributed by atoms with Gasteiger partial charge in [-0.05, 0) is 61.1 Å². The predicted molar refractivity (Wildman–Crippen MR) is 139 cm³/mol. The first-order valence-electron chi connectivity index (χ1n) is 12.8. The van der Waals surface area contributed by atoms with Gasteiger partial charge >= 0.3 is 0 Å². The summed E-state index contributed by atoms with van der Waals surface area (Å²) in [6.45, 7) is 4.16. The molecule has 0 spiro atoms. The van der Waals surface area contributed by atoms with Crippen LogP contribution in [0.3, 0.4) is 0 Å². The highest BCUT2D eigenvalue weighted by Gasteiger charge is 2.34. The molecule has 186 valence electrons. The first-order valence-corrected chi connectivity index (χ1v) is 12.8. The lowest BCUT2D eigenvalue weighted by molar-refractivity contribution is -0.139. The van der Waals surface area contributed by atoms with E-state index in [1.807, 2.05) is 71.3 Å². The molecule has 0 bridgehead atoms. The highest BCUT2D eigenvalue weighted by Crippen LogP contribution is 2.27. The molecule has 1 unspecified atom stereocenters. The number of nitrogens with one attached hydrogen (secondary N) is 1. The molecule has 2 aliphatic rings. The van der Waals surface area contributed by atoms with Crippen LogP contribution in [0.15, 0.2) is 60.8 Å². The number of carbonyl (C=O) groups is 3. The second-order valence-electron chi connectivity index (χ2n) is 9.87. The number of benzene rings is 2. The molecule has 0 radical (unpaired) electrons. The molecule has 7 nitrogen and oxygen atoms in total. The van der Waals surface area contributed by atoms with E-state index in [4.69, 9.17) is 0 Å². The number of carbonyl (C=O) groups excluding carboxylic acids is 3. The topological polar surface area (TPSA) is 82.6 Å². The fourth-order valence-corrected chi connectivity index (χ4v) is 5.40. The molecule has 3 heterocycles. The van der Waals surface area contributed by atoms with E-state index >= 15 is 0 Å². The van der Waals surface area contributed by atoms with Gasteiger partial charge in [-0.2, -0.15) is 0 Å². The number of aryl methyl sites for hydroxylation is 1. The van der Waals surface area contributed by atoms with Gasteiger partial charge in [-0.25, -0.2) is 4.98 Å². The maximum atomic E-state index is 13.3. The lowest BCUT2D eigenvalue weighted by Crippen LogP contribution is -2.48. The smallest absolute Gasteiger partial charge is 0.254 e. The summed E-state index contributed by atoms with van der Waals surface area (Å²) in [7, 11) is 0. The number of nitrogens with zero attached hydrogens (tertiary/aromatic N) is 3. The molecule has 1 N–H and O–H groups in total. The number of piperidine rings is 2. The molecule has 7 heteroatoms. The van der Waals surface area contributed by atoms with Crippen LogP contribution in [-0.4, -0.2) is 58.7 Å². The maximum Gasteiger partial charge on any atom is 0.254 e. The standard InChI is InChI=1S/C29H32N4O3/c1-20-7-5-15-30-26(20)31-27(34)23-10-6-16-33(19-23)28(35)22-13-17-32(18-14-22)29(36)25-12-4-9-21-8-2-3-11-24(21)25/h2-5,7-9,11-12,15,22-23H,6,10,13-14,16-19H2,1H3,(H,30,31,34). The lowest BCUT2D eigenvalue weighted by Gasteiger charge is -2.37. The number of likely N-dealkylation sites (tertiary alicyclic amines) is 2.